The third-order valence-electron chi connectivity index (χ3n) is 3.87. The molecule has 2 aromatic rings. The molecule has 3 heterocycles. The minimum atomic E-state index is 0.578. The summed E-state index contributed by atoms with van der Waals surface area (Å²) in [6.45, 7) is 4.33. The van der Waals surface area contributed by atoms with E-state index in [1.807, 2.05) is 16.8 Å². The Balaban J connectivity index is 1.59. The second-order valence-electron chi connectivity index (χ2n) is 5.10. The number of aryl methyl sites for hydroxylation is 1. The zero-order valence-corrected chi connectivity index (χ0v) is 9.72. The van der Waals surface area contributed by atoms with Gasteiger partial charge in [0, 0.05) is 25.3 Å². The highest BCUT2D eigenvalue weighted by Crippen LogP contribution is 2.43. The van der Waals surface area contributed by atoms with Crippen LogP contribution in [0.5, 0.6) is 0 Å². The van der Waals surface area contributed by atoms with E-state index in [-0.39, 0.29) is 0 Å². The van der Waals surface area contributed by atoms with Gasteiger partial charge in [-0.05, 0) is 30.4 Å². The smallest absolute Gasteiger partial charge is 0.243 e. The van der Waals surface area contributed by atoms with Gasteiger partial charge in [0.05, 0.1) is 0 Å². The molecule has 0 bridgehead atoms. The minimum absolute atomic E-state index is 0.578. The van der Waals surface area contributed by atoms with Gasteiger partial charge in [-0.15, -0.1) is 5.10 Å². The largest absolute Gasteiger partial charge is 0.349 e. The van der Waals surface area contributed by atoms with Gasteiger partial charge in [0.25, 0.3) is 0 Å². The maximum Gasteiger partial charge on any atom is 0.243 e. The van der Waals surface area contributed by atoms with Crippen molar-refractivity contribution in [1.82, 2.24) is 19.9 Å². The Morgan fingerprint density at radius 2 is 2.18 bits per heavy atom. The average Bonchev–Trinajstić information content (AvgIpc) is 2.71. The summed E-state index contributed by atoms with van der Waals surface area (Å²) in [5.41, 5.74) is 2.10. The zero-order chi connectivity index (χ0) is 11.4. The predicted octanol–water partition coefficient (Wildman–Crippen LogP) is 0.667. The van der Waals surface area contributed by atoms with Gasteiger partial charge in [-0.3, -0.25) is 0 Å². The number of hydrogen-bond acceptors (Lipinski definition) is 4. The van der Waals surface area contributed by atoms with E-state index >= 15 is 0 Å². The minimum Gasteiger partial charge on any atom is -0.349 e. The molecule has 5 heteroatoms. The lowest BCUT2D eigenvalue weighted by Gasteiger charge is -2.03. The van der Waals surface area contributed by atoms with Crippen LogP contribution in [0.3, 0.4) is 0 Å². The van der Waals surface area contributed by atoms with E-state index in [1.54, 1.807) is 0 Å². The molecule has 0 radical (unpaired) electrons. The molecule has 1 saturated heterocycles. The van der Waals surface area contributed by atoms with Crippen molar-refractivity contribution in [2.24, 2.45) is 11.8 Å². The summed E-state index contributed by atoms with van der Waals surface area (Å²) in [6.07, 6.45) is 2.00. The molecule has 2 N–H and O–H groups in total. The van der Waals surface area contributed by atoms with Crippen LogP contribution in [-0.2, 0) is 0 Å². The lowest BCUT2D eigenvalue weighted by molar-refractivity contribution is 0.693. The monoisotopic (exact) mass is 229 g/mol. The van der Waals surface area contributed by atoms with E-state index in [0.717, 1.165) is 36.5 Å². The first-order valence-electron chi connectivity index (χ1n) is 6.11. The molecule has 1 aliphatic heterocycles. The number of anilines is 1. The van der Waals surface area contributed by atoms with Crippen molar-refractivity contribution >= 4 is 11.6 Å². The fraction of sp³-hybridized carbons (Fsp3) is 0.500. The first-order chi connectivity index (χ1) is 8.31. The van der Waals surface area contributed by atoms with Crippen LogP contribution >= 0.6 is 0 Å². The van der Waals surface area contributed by atoms with E-state index < -0.39 is 0 Å². The predicted molar refractivity (Wildman–Crippen MR) is 65.0 cm³/mol. The summed E-state index contributed by atoms with van der Waals surface area (Å²) in [6, 6.07) is 4.64. The SMILES string of the molecule is Cc1ccc2nc(NC3C4CNCC43)nn2c1. The summed E-state index contributed by atoms with van der Waals surface area (Å²) in [7, 11) is 0. The normalized spacial score (nSPS) is 30.5. The van der Waals surface area contributed by atoms with Crippen molar-refractivity contribution in [2.75, 3.05) is 18.4 Å². The number of nitrogens with zero attached hydrogens (tertiary/aromatic N) is 3. The van der Waals surface area contributed by atoms with Crippen molar-refractivity contribution in [1.29, 1.82) is 0 Å². The fourth-order valence-electron chi connectivity index (χ4n) is 2.83. The zero-order valence-electron chi connectivity index (χ0n) is 9.72. The van der Waals surface area contributed by atoms with E-state index in [0.29, 0.717) is 6.04 Å². The van der Waals surface area contributed by atoms with Crippen LogP contribution < -0.4 is 10.6 Å². The Morgan fingerprint density at radius 3 is 3.00 bits per heavy atom. The molecule has 17 heavy (non-hydrogen) atoms. The van der Waals surface area contributed by atoms with E-state index in [2.05, 4.69) is 33.7 Å². The second kappa shape index (κ2) is 3.20. The number of pyridine rings is 1. The van der Waals surface area contributed by atoms with Crippen LogP contribution in [0.2, 0.25) is 0 Å². The van der Waals surface area contributed by atoms with Gasteiger partial charge in [-0.1, -0.05) is 6.07 Å². The number of nitrogens with one attached hydrogen (secondary N) is 2. The molecule has 2 unspecified atom stereocenters. The fourth-order valence-corrected chi connectivity index (χ4v) is 2.83. The number of hydrogen-bond donors (Lipinski definition) is 2. The van der Waals surface area contributed by atoms with Gasteiger partial charge < -0.3 is 10.6 Å². The highest BCUT2D eigenvalue weighted by molar-refractivity contribution is 5.45. The van der Waals surface area contributed by atoms with Gasteiger partial charge in [0.15, 0.2) is 5.65 Å². The third-order valence-corrected chi connectivity index (χ3v) is 3.87. The summed E-state index contributed by atoms with van der Waals surface area (Å²) in [5, 5.41) is 11.3. The highest BCUT2D eigenvalue weighted by Gasteiger charge is 2.53. The van der Waals surface area contributed by atoms with Gasteiger partial charge in [-0.25, -0.2) is 4.52 Å². The first-order valence-corrected chi connectivity index (χ1v) is 6.11. The molecule has 2 aliphatic rings. The van der Waals surface area contributed by atoms with Crippen LogP contribution in [0.4, 0.5) is 5.95 Å². The Hall–Kier alpha value is -1.62. The van der Waals surface area contributed by atoms with Crippen LogP contribution in [0.15, 0.2) is 18.3 Å². The summed E-state index contributed by atoms with van der Waals surface area (Å²) >= 11 is 0. The van der Waals surface area contributed by atoms with Crippen molar-refractivity contribution in [2.45, 2.75) is 13.0 Å². The molecular weight excluding hydrogens is 214 g/mol. The molecule has 2 atom stereocenters. The molecular formula is C12H15N5. The molecule has 0 amide bonds. The Kier molecular flexibility index (Phi) is 1.77. The van der Waals surface area contributed by atoms with Crippen LogP contribution in [0.1, 0.15) is 5.56 Å². The maximum absolute atomic E-state index is 4.48. The molecule has 88 valence electrons. The second-order valence-corrected chi connectivity index (χ2v) is 5.10. The van der Waals surface area contributed by atoms with Crippen molar-refractivity contribution < 1.29 is 0 Å². The molecule has 4 rings (SSSR count). The number of rotatable bonds is 2. The van der Waals surface area contributed by atoms with E-state index in [1.165, 1.54) is 5.56 Å². The van der Waals surface area contributed by atoms with Gasteiger partial charge >= 0.3 is 0 Å². The van der Waals surface area contributed by atoms with Gasteiger partial charge in [-0.2, -0.15) is 4.98 Å². The van der Waals surface area contributed by atoms with Crippen LogP contribution in [0.25, 0.3) is 5.65 Å². The van der Waals surface area contributed by atoms with Crippen molar-refractivity contribution in [3.8, 4) is 0 Å². The Labute approximate surface area is 99.2 Å². The van der Waals surface area contributed by atoms with E-state index in [9.17, 15) is 0 Å². The average molecular weight is 229 g/mol. The van der Waals surface area contributed by atoms with Crippen molar-refractivity contribution in [3.05, 3.63) is 23.9 Å². The molecule has 0 aromatic carbocycles. The summed E-state index contributed by atoms with van der Waals surface area (Å²) in [4.78, 5) is 4.48. The Morgan fingerprint density at radius 1 is 1.35 bits per heavy atom. The number of fused-ring (bicyclic) bond motifs is 2. The lowest BCUT2D eigenvalue weighted by Crippen LogP contribution is -2.21. The molecule has 5 nitrogen and oxygen atoms in total. The lowest BCUT2D eigenvalue weighted by atomic mass is 10.3. The van der Waals surface area contributed by atoms with E-state index in [4.69, 9.17) is 0 Å². The van der Waals surface area contributed by atoms with Gasteiger partial charge in [0.1, 0.15) is 0 Å². The first kappa shape index (κ1) is 9.41. The Bertz CT molecular complexity index is 565. The van der Waals surface area contributed by atoms with Crippen molar-refractivity contribution in [3.63, 3.8) is 0 Å². The van der Waals surface area contributed by atoms with Crippen LogP contribution in [-0.4, -0.2) is 33.7 Å². The molecule has 1 aliphatic carbocycles. The summed E-state index contributed by atoms with van der Waals surface area (Å²) < 4.78 is 1.84. The standard InChI is InChI=1S/C12H15N5/c1-7-2-3-10-14-12(16-17(10)6-7)15-11-8-4-13-5-9(8)11/h2-3,6,8-9,11,13H,4-5H2,1H3,(H,15,16). The molecule has 2 fully saturated rings. The highest BCUT2D eigenvalue weighted by atomic mass is 15.4. The third kappa shape index (κ3) is 1.42. The quantitative estimate of drug-likeness (QED) is 0.794. The maximum atomic E-state index is 4.48. The number of aromatic nitrogens is 3. The summed E-state index contributed by atoms with van der Waals surface area (Å²) in [5.74, 6) is 2.32. The number of piperidine rings is 1. The van der Waals surface area contributed by atoms with Gasteiger partial charge in [0.2, 0.25) is 5.95 Å². The molecule has 0 spiro atoms. The topological polar surface area (TPSA) is 54.2 Å². The molecule has 2 aromatic heterocycles. The molecule has 1 saturated carbocycles. The van der Waals surface area contributed by atoms with Crippen LogP contribution in [0, 0.1) is 18.8 Å².